The van der Waals surface area contributed by atoms with Gasteiger partial charge in [-0.15, -0.1) is 0 Å². The molecule has 1 rings (SSSR count). The lowest BCUT2D eigenvalue weighted by atomic mass is 10.1. The number of rotatable bonds is 6. The minimum absolute atomic E-state index is 0.112. The molecule has 0 aliphatic heterocycles. The molecule has 5 nitrogen and oxygen atoms in total. The van der Waals surface area contributed by atoms with E-state index in [1.807, 2.05) is 19.1 Å². The van der Waals surface area contributed by atoms with Gasteiger partial charge in [-0.1, -0.05) is 54.2 Å². The van der Waals surface area contributed by atoms with Gasteiger partial charge in [0, 0.05) is 12.1 Å². The van der Waals surface area contributed by atoms with Crippen LogP contribution in [0.2, 0.25) is 0 Å². The predicted molar refractivity (Wildman–Crippen MR) is 84.2 cm³/mol. The number of nitrogens with zero attached hydrogens (tertiary/aromatic N) is 1. The highest BCUT2D eigenvalue weighted by atomic mass is 16.7. The maximum Gasteiger partial charge on any atom is 0.365 e. The first-order valence-electron chi connectivity index (χ1n) is 6.42. The van der Waals surface area contributed by atoms with Crippen LogP contribution in [0.1, 0.15) is 18.1 Å². The van der Waals surface area contributed by atoms with Gasteiger partial charge in [-0.25, -0.2) is 4.79 Å². The van der Waals surface area contributed by atoms with Crippen LogP contribution in [0.15, 0.2) is 65.9 Å². The molecule has 1 aromatic rings. The molecule has 21 heavy (non-hydrogen) atoms. The molecule has 0 bridgehead atoms. The summed E-state index contributed by atoms with van der Waals surface area (Å²) in [4.78, 5) is 16.5. The van der Waals surface area contributed by atoms with Crippen molar-refractivity contribution in [2.45, 2.75) is 13.5 Å². The zero-order valence-corrected chi connectivity index (χ0v) is 12.0. The maximum atomic E-state index is 11.7. The molecule has 0 spiro atoms. The Hall–Kier alpha value is -2.66. The second kappa shape index (κ2) is 8.50. The Morgan fingerprint density at radius 1 is 1.38 bits per heavy atom. The minimum Gasteiger partial charge on any atom is -0.380 e. The largest absolute Gasteiger partial charge is 0.380 e. The van der Waals surface area contributed by atoms with Gasteiger partial charge in [0.25, 0.3) is 0 Å². The molecule has 1 aromatic carbocycles. The normalized spacial score (nSPS) is 12.5. The fourth-order valence-corrected chi connectivity index (χ4v) is 1.43. The summed E-state index contributed by atoms with van der Waals surface area (Å²) in [6.45, 7) is 5.83. The summed E-state index contributed by atoms with van der Waals surface area (Å²) in [6, 6.07) is 7.19. The summed E-state index contributed by atoms with van der Waals surface area (Å²) < 4.78 is 0. The topological polar surface area (TPSA) is 90.7 Å². The molecule has 0 amide bonds. The molecule has 110 valence electrons. The van der Waals surface area contributed by atoms with Gasteiger partial charge in [0.2, 0.25) is 0 Å². The zero-order valence-electron chi connectivity index (χ0n) is 12.0. The lowest BCUT2D eigenvalue weighted by molar-refractivity contribution is -0.138. The van der Waals surface area contributed by atoms with Gasteiger partial charge >= 0.3 is 5.97 Å². The Morgan fingerprint density at radius 2 is 2.05 bits per heavy atom. The van der Waals surface area contributed by atoms with E-state index in [-0.39, 0.29) is 5.84 Å². The van der Waals surface area contributed by atoms with E-state index < -0.39 is 5.97 Å². The van der Waals surface area contributed by atoms with Gasteiger partial charge in [0.05, 0.1) is 5.57 Å². The van der Waals surface area contributed by atoms with Gasteiger partial charge in [-0.3, -0.25) is 0 Å². The molecule has 5 heteroatoms. The SMILES string of the molecule is C=C/C(=C\C=C/C)C(=O)O/N=C(\N)c1ccc(CN)cc1. The number of hydrogen-bond acceptors (Lipinski definition) is 4. The average Bonchev–Trinajstić information content (AvgIpc) is 2.53. The minimum atomic E-state index is -0.621. The molecule has 0 aromatic heterocycles. The summed E-state index contributed by atoms with van der Waals surface area (Å²) in [5.41, 5.74) is 13.2. The Balaban J connectivity index is 2.78. The second-order valence-corrected chi connectivity index (χ2v) is 4.11. The zero-order chi connectivity index (χ0) is 15.7. The second-order valence-electron chi connectivity index (χ2n) is 4.11. The van der Waals surface area contributed by atoms with E-state index in [2.05, 4.69) is 11.7 Å². The quantitative estimate of drug-likeness (QED) is 0.209. The van der Waals surface area contributed by atoms with Crippen molar-refractivity contribution in [1.29, 1.82) is 0 Å². The summed E-state index contributed by atoms with van der Waals surface area (Å²) in [6.07, 6.45) is 6.46. The number of carbonyl (C=O) groups excluding carboxylic acids is 1. The predicted octanol–water partition coefficient (Wildman–Crippen LogP) is 2.00. The van der Waals surface area contributed by atoms with Crippen molar-refractivity contribution >= 4 is 11.8 Å². The van der Waals surface area contributed by atoms with Crippen molar-refractivity contribution < 1.29 is 9.63 Å². The third-order valence-electron chi connectivity index (χ3n) is 2.64. The first kappa shape index (κ1) is 16.4. The highest BCUT2D eigenvalue weighted by molar-refractivity contribution is 5.98. The number of hydrogen-bond donors (Lipinski definition) is 2. The van der Waals surface area contributed by atoms with Crippen LogP contribution in [0.5, 0.6) is 0 Å². The Bertz CT molecular complexity index is 584. The van der Waals surface area contributed by atoms with E-state index in [9.17, 15) is 4.79 Å². The van der Waals surface area contributed by atoms with Crippen LogP contribution >= 0.6 is 0 Å². The molecule has 4 N–H and O–H groups in total. The molecular formula is C16H19N3O2. The Morgan fingerprint density at radius 3 is 2.57 bits per heavy atom. The standard InChI is InChI=1S/C16H19N3O2/c1-3-5-6-13(4-2)16(20)21-19-15(18)14-9-7-12(11-17)8-10-14/h3-10H,2,11,17H2,1H3,(H2,18,19)/b5-3-,13-6+. The number of carbonyl (C=O) groups is 1. The van der Waals surface area contributed by atoms with Crippen LogP contribution in [0.25, 0.3) is 0 Å². The molecule has 0 unspecified atom stereocenters. The van der Waals surface area contributed by atoms with Crippen molar-refractivity contribution in [3.05, 3.63) is 71.8 Å². The third-order valence-corrected chi connectivity index (χ3v) is 2.64. The lowest BCUT2D eigenvalue weighted by Crippen LogP contribution is -2.15. The van der Waals surface area contributed by atoms with Crippen molar-refractivity contribution in [3.8, 4) is 0 Å². The molecule has 0 fully saturated rings. The van der Waals surface area contributed by atoms with Crippen molar-refractivity contribution in [2.75, 3.05) is 0 Å². The van der Waals surface area contributed by atoms with Gasteiger partial charge in [-0.2, -0.15) is 0 Å². The van der Waals surface area contributed by atoms with Gasteiger partial charge in [-0.05, 0) is 18.6 Å². The first-order chi connectivity index (χ1) is 10.1. The summed E-state index contributed by atoms with van der Waals surface area (Å²) >= 11 is 0. The van der Waals surface area contributed by atoms with E-state index >= 15 is 0 Å². The first-order valence-corrected chi connectivity index (χ1v) is 6.42. The maximum absolute atomic E-state index is 11.7. The molecule has 0 saturated carbocycles. The number of oxime groups is 1. The number of amidine groups is 1. The van der Waals surface area contributed by atoms with Crippen LogP contribution in [0.3, 0.4) is 0 Å². The van der Waals surface area contributed by atoms with Crippen LogP contribution in [0.4, 0.5) is 0 Å². The highest BCUT2D eigenvalue weighted by Crippen LogP contribution is 2.05. The molecule has 0 saturated heterocycles. The van der Waals surface area contributed by atoms with Crippen LogP contribution in [0, 0.1) is 0 Å². The average molecular weight is 285 g/mol. The molecule has 0 aliphatic carbocycles. The van der Waals surface area contributed by atoms with Crippen LogP contribution in [-0.2, 0) is 16.2 Å². The van der Waals surface area contributed by atoms with E-state index in [1.165, 1.54) is 6.08 Å². The van der Waals surface area contributed by atoms with Gasteiger partial charge in [0.15, 0.2) is 5.84 Å². The monoisotopic (exact) mass is 285 g/mol. The van der Waals surface area contributed by atoms with E-state index in [0.717, 1.165) is 5.56 Å². The van der Waals surface area contributed by atoms with Crippen LogP contribution < -0.4 is 11.5 Å². The van der Waals surface area contributed by atoms with E-state index in [1.54, 1.807) is 30.4 Å². The highest BCUT2D eigenvalue weighted by Gasteiger charge is 2.07. The Kier molecular flexibility index (Phi) is 6.63. The number of benzene rings is 1. The number of allylic oxidation sites excluding steroid dienone is 3. The fourth-order valence-electron chi connectivity index (χ4n) is 1.43. The Labute approximate surface area is 124 Å². The van der Waals surface area contributed by atoms with Crippen molar-refractivity contribution in [1.82, 2.24) is 0 Å². The summed E-state index contributed by atoms with van der Waals surface area (Å²) in [7, 11) is 0. The molecule has 0 radical (unpaired) electrons. The molecule has 0 aliphatic rings. The molecule has 0 atom stereocenters. The third kappa shape index (κ3) is 5.08. The van der Waals surface area contributed by atoms with E-state index in [0.29, 0.717) is 17.7 Å². The van der Waals surface area contributed by atoms with Gasteiger partial charge < -0.3 is 16.3 Å². The summed E-state index contributed by atoms with van der Waals surface area (Å²) in [5.74, 6) is -0.508. The van der Waals surface area contributed by atoms with Crippen molar-refractivity contribution in [2.24, 2.45) is 16.6 Å². The number of nitrogens with two attached hydrogens (primary N) is 2. The smallest absolute Gasteiger partial charge is 0.365 e. The molecule has 0 heterocycles. The lowest BCUT2D eigenvalue weighted by Gasteiger charge is -2.02. The van der Waals surface area contributed by atoms with Crippen molar-refractivity contribution in [3.63, 3.8) is 0 Å². The van der Waals surface area contributed by atoms with Gasteiger partial charge in [0.1, 0.15) is 0 Å². The summed E-state index contributed by atoms with van der Waals surface area (Å²) in [5, 5.41) is 3.63. The van der Waals surface area contributed by atoms with E-state index in [4.69, 9.17) is 16.3 Å². The molecular weight excluding hydrogens is 266 g/mol. The van der Waals surface area contributed by atoms with Crippen LogP contribution in [-0.4, -0.2) is 11.8 Å². The fraction of sp³-hybridized carbons (Fsp3) is 0.125.